The summed E-state index contributed by atoms with van der Waals surface area (Å²) >= 11 is 0. The lowest BCUT2D eigenvalue weighted by atomic mass is 10.1. The Balaban J connectivity index is 1.69. The zero-order valence-electron chi connectivity index (χ0n) is 13.7. The molecule has 2 aromatic rings. The summed E-state index contributed by atoms with van der Waals surface area (Å²) in [6, 6.07) is 6.09. The van der Waals surface area contributed by atoms with Crippen LogP contribution in [0.5, 0.6) is 0 Å². The Morgan fingerprint density at radius 1 is 1.08 bits per heavy atom. The number of hydrogen-bond donors (Lipinski definition) is 0. The molecule has 1 aliphatic heterocycles. The Morgan fingerprint density at radius 2 is 1.72 bits per heavy atom. The van der Waals surface area contributed by atoms with E-state index in [4.69, 9.17) is 4.42 Å². The third-order valence-electron chi connectivity index (χ3n) is 4.35. The quantitative estimate of drug-likeness (QED) is 0.628. The SMILES string of the molecule is Cc1c(C(=O)N2CCN(C(=O)c3ccoc3)CC2)cccc1[N+](=O)[O-]. The second-order valence-electron chi connectivity index (χ2n) is 5.80. The van der Waals surface area contributed by atoms with Crippen molar-refractivity contribution >= 4 is 17.5 Å². The number of piperazine rings is 1. The number of carbonyl (C=O) groups excluding carboxylic acids is 2. The normalized spacial score (nSPS) is 14.4. The van der Waals surface area contributed by atoms with Gasteiger partial charge in [-0.2, -0.15) is 0 Å². The fraction of sp³-hybridized carbons (Fsp3) is 0.294. The minimum atomic E-state index is -0.492. The van der Waals surface area contributed by atoms with Crippen molar-refractivity contribution in [1.82, 2.24) is 9.80 Å². The number of nitro benzene ring substituents is 1. The van der Waals surface area contributed by atoms with E-state index in [0.717, 1.165) is 0 Å². The average Bonchev–Trinajstić information content (AvgIpc) is 3.15. The number of hydrogen-bond acceptors (Lipinski definition) is 5. The predicted molar refractivity (Wildman–Crippen MR) is 88.3 cm³/mol. The summed E-state index contributed by atoms with van der Waals surface area (Å²) in [5.41, 5.74) is 1.09. The van der Waals surface area contributed by atoms with Crippen LogP contribution >= 0.6 is 0 Å². The second-order valence-corrected chi connectivity index (χ2v) is 5.80. The van der Waals surface area contributed by atoms with Crippen LogP contribution in [-0.4, -0.2) is 52.7 Å². The highest BCUT2D eigenvalue weighted by atomic mass is 16.6. The summed E-state index contributed by atoms with van der Waals surface area (Å²) < 4.78 is 4.92. The molecule has 1 aliphatic rings. The molecule has 2 amide bonds. The zero-order chi connectivity index (χ0) is 18.0. The first-order valence-electron chi connectivity index (χ1n) is 7.84. The number of nitrogens with zero attached hydrogens (tertiary/aromatic N) is 3. The molecule has 0 aliphatic carbocycles. The largest absolute Gasteiger partial charge is 0.472 e. The number of benzene rings is 1. The molecule has 0 bridgehead atoms. The summed E-state index contributed by atoms with van der Waals surface area (Å²) in [6.45, 7) is 3.15. The van der Waals surface area contributed by atoms with Crippen molar-refractivity contribution in [2.24, 2.45) is 0 Å². The number of carbonyl (C=O) groups is 2. The first-order valence-corrected chi connectivity index (χ1v) is 7.84. The summed E-state index contributed by atoms with van der Waals surface area (Å²) in [5.74, 6) is -0.385. The zero-order valence-corrected chi connectivity index (χ0v) is 13.7. The van der Waals surface area contributed by atoms with Gasteiger partial charge in [0.15, 0.2) is 0 Å². The molecule has 8 heteroatoms. The number of rotatable bonds is 3. The van der Waals surface area contributed by atoms with Crippen molar-refractivity contribution in [3.05, 3.63) is 63.6 Å². The molecule has 8 nitrogen and oxygen atoms in total. The smallest absolute Gasteiger partial charge is 0.273 e. The Labute approximate surface area is 143 Å². The molecule has 3 rings (SSSR count). The first kappa shape index (κ1) is 16.7. The fourth-order valence-corrected chi connectivity index (χ4v) is 2.90. The molecular formula is C17H17N3O5. The van der Waals surface area contributed by atoms with Gasteiger partial charge in [0, 0.05) is 43.4 Å². The van der Waals surface area contributed by atoms with Crippen LogP contribution in [0.1, 0.15) is 26.3 Å². The molecule has 0 saturated carbocycles. The van der Waals surface area contributed by atoms with Crippen LogP contribution in [-0.2, 0) is 0 Å². The van der Waals surface area contributed by atoms with Crippen molar-refractivity contribution in [2.75, 3.05) is 26.2 Å². The van der Waals surface area contributed by atoms with E-state index in [1.54, 1.807) is 28.9 Å². The third kappa shape index (κ3) is 3.23. The first-order chi connectivity index (χ1) is 12.0. The summed E-state index contributed by atoms with van der Waals surface area (Å²) in [5, 5.41) is 11.0. The predicted octanol–water partition coefficient (Wildman–Crippen LogP) is 2.09. The van der Waals surface area contributed by atoms with Crippen LogP contribution in [0.15, 0.2) is 41.2 Å². The molecule has 130 valence electrons. The number of amides is 2. The molecule has 0 unspecified atom stereocenters. The van der Waals surface area contributed by atoms with Crippen LogP contribution in [0.3, 0.4) is 0 Å². The van der Waals surface area contributed by atoms with Gasteiger partial charge in [0.1, 0.15) is 6.26 Å². The Hall–Kier alpha value is -3.16. The monoisotopic (exact) mass is 343 g/mol. The highest BCUT2D eigenvalue weighted by Gasteiger charge is 2.28. The van der Waals surface area contributed by atoms with E-state index in [1.165, 1.54) is 24.7 Å². The van der Waals surface area contributed by atoms with Crippen LogP contribution in [0.2, 0.25) is 0 Å². The highest BCUT2D eigenvalue weighted by molar-refractivity contribution is 5.97. The van der Waals surface area contributed by atoms with E-state index in [2.05, 4.69) is 0 Å². The average molecular weight is 343 g/mol. The third-order valence-corrected chi connectivity index (χ3v) is 4.35. The number of furan rings is 1. The standard InChI is InChI=1S/C17H17N3O5/c1-12-14(3-2-4-15(12)20(23)24)17(22)19-8-6-18(7-9-19)16(21)13-5-10-25-11-13/h2-5,10-11H,6-9H2,1H3. The van der Waals surface area contributed by atoms with Gasteiger partial charge in [-0.25, -0.2) is 0 Å². The van der Waals surface area contributed by atoms with Gasteiger partial charge in [-0.1, -0.05) is 6.07 Å². The van der Waals surface area contributed by atoms with Crippen molar-refractivity contribution in [1.29, 1.82) is 0 Å². The molecule has 0 radical (unpaired) electrons. The van der Waals surface area contributed by atoms with Crippen molar-refractivity contribution in [3.8, 4) is 0 Å². The minimum absolute atomic E-state index is 0.0698. The highest BCUT2D eigenvalue weighted by Crippen LogP contribution is 2.23. The van der Waals surface area contributed by atoms with Crippen LogP contribution in [0, 0.1) is 17.0 Å². The van der Waals surface area contributed by atoms with Crippen LogP contribution in [0.4, 0.5) is 5.69 Å². The maximum absolute atomic E-state index is 12.7. The molecule has 1 saturated heterocycles. The van der Waals surface area contributed by atoms with Gasteiger partial charge in [0.2, 0.25) is 0 Å². The van der Waals surface area contributed by atoms with Gasteiger partial charge in [0.25, 0.3) is 17.5 Å². The molecule has 1 aromatic heterocycles. The van der Waals surface area contributed by atoms with Gasteiger partial charge >= 0.3 is 0 Å². The van der Waals surface area contributed by atoms with Gasteiger partial charge in [-0.15, -0.1) is 0 Å². The fourth-order valence-electron chi connectivity index (χ4n) is 2.90. The summed E-state index contributed by atoms with van der Waals surface area (Å²) in [6.07, 6.45) is 2.84. The van der Waals surface area contributed by atoms with Crippen LogP contribution in [0.25, 0.3) is 0 Å². The molecule has 0 atom stereocenters. The van der Waals surface area contributed by atoms with E-state index in [0.29, 0.717) is 42.9 Å². The van der Waals surface area contributed by atoms with E-state index < -0.39 is 4.92 Å². The topological polar surface area (TPSA) is 96.9 Å². The van der Waals surface area contributed by atoms with E-state index >= 15 is 0 Å². The van der Waals surface area contributed by atoms with Crippen molar-refractivity contribution in [2.45, 2.75) is 6.92 Å². The molecule has 0 spiro atoms. The van der Waals surface area contributed by atoms with Gasteiger partial charge < -0.3 is 14.2 Å². The van der Waals surface area contributed by atoms with Gasteiger partial charge in [-0.05, 0) is 19.1 Å². The maximum atomic E-state index is 12.7. The lowest BCUT2D eigenvalue weighted by Crippen LogP contribution is -2.50. The van der Waals surface area contributed by atoms with Crippen LogP contribution < -0.4 is 0 Å². The molecular weight excluding hydrogens is 326 g/mol. The van der Waals surface area contributed by atoms with Crippen molar-refractivity contribution < 1.29 is 18.9 Å². The molecule has 2 heterocycles. The molecule has 1 fully saturated rings. The second kappa shape index (κ2) is 6.76. The van der Waals surface area contributed by atoms with Crippen molar-refractivity contribution in [3.63, 3.8) is 0 Å². The summed E-state index contributed by atoms with van der Waals surface area (Å²) in [7, 11) is 0. The van der Waals surface area contributed by atoms with E-state index in [1.807, 2.05) is 0 Å². The number of nitro groups is 1. The molecule has 0 N–H and O–H groups in total. The Kier molecular flexibility index (Phi) is 4.51. The summed E-state index contributed by atoms with van der Waals surface area (Å²) in [4.78, 5) is 38.8. The van der Waals surface area contributed by atoms with Gasteiger partial charge in [-0.3, -0.25) is 19.7 Å². The Bertz CT molecular complexity index is 808. The molecule has 25 heavy (non-hydrogen) atoms. The molecule has 1 aromatic carbocycles. The van der Waals surface area contributed by atoms with E-state index in [-0.39, 0.29) is 17.5 Å². The Morgan fingerprint density at radius 3 is 2.28 bits per heavy atom. The lowest BCUT2D eigenvalue weighted by Gasteiger charge is -2.34. The maximum Gasteiger partial charge on any atom is 0.273 e. The van der Waals surface area contributed by atoms with E-state index in [9.17, 15) is 19.7 Å². The van der Waals surface area contributed by atoms with Gasteiger partial charge in [0.05, 0.1) is 16.7 Å². The lowest BCUT2D eigenvalue weighted by molar-refractivity contribution is -0.385. The minimum Gasteiger partial charge on any atom is -0.472 e.